The second-order valence-electron chi connectivity index (χ2n) is 8.66. The summed E-state index contributed by atoms with van der Waals surface area (Å²) in [7, 11) is 0. The summed E-state index contributed by atoms with van der Waals surface area (Å²) in [6, 6.07) is 18.7. The number of nitrogen functional groups attached to an aromatic ring is 1. The third kappa shape index (κ3) is 4.28. The molecule has 2 atom stereocenters. The van der Waals surface area contributed by atoms with Crippen LogP contribution in [0.1, 0.15) is 31.4 Å². The monoisotopic (exact) mass is 471 g/mol. The Kier molecular flexibility index (Phi) is 5.82. The second kappa shape index (κ2) is 9.09. The fourth-order valence-corrected chi connectivity index (χ4v) is 4.74. The summed E-state index contributed by atoms with van der Waals surface area (Å²) in [6.45, 7) is 2.28. The van der Waals surface area contributed by atoms with E-state index >= 15 is 0 Å². The zero-order chi connectivity index (χ0) is 24.5. The van der Waals surface area contributed by atoms with Crippen LogP contribution >= 0.6 is 0 Å². The normalized spacial score (nSPS) is 17.9. The summed E-state index contributed by atoms with van der Waals surface area (Å²) in [6.07, 6.45) is 1.48. The van der Waals surface area contributed by atoms with Crippen molar-refractivity contribution in [2.75, 3.05) is 12.3 Å². The van der Waals surface area contributed by atoms with Crippen molar-refractivity contribution >= 4 is 28.6 Å². The molecule has 0 aliphatic carbocycles. The molecule has 9 nitrogen and oxygen atoms in total. The fraction of sp³-hybridized carbons (Fsp3) is 0.231. The van der Waals surface area contributed by atoms with E-state index in [2.05, 4.69) is 10.2 Å². The molecular weight excluding hydrogens is 446 g/mol. The Morgan fingerprint density at radius 2 is 1.83 bits per heavy atom. The fourth-order valence-electron chi connectivity index (χ4n) is 4.74. The number of benzene rings is 2. The number of hydrogen-bond acceptors (Lipinski definition) is 6. The standard InChI is InChI=1S/C26H25N5O4/c1-15-19(8-5-13-31(15)25(32)26(33)34)20-14-21-22(24(27)30-29-21)23(28-20)16-9-11-18(12-10-16)35-17-6-3-2-4-7-17/h2-4,6-7,9-12,14-15,19H,5,8,13H2,1H3,(H,33,34)(H3,27,29,30). The maximum absolute atomic E-state index is 12.2. The van der Waals surface area contributed by atoms with Crippen molar-refractivity contribution in [2.45, 2.75) is 31.7 Å². The molecule has 35 heavy (non-hydrogen) atoms. The number of aromatic amines is 1. The topological polar surface area (TPSA) is 134 Å². The number of amides is 1. The molecule has 4 N–H and O–H groups in total. The van der Waals surface area contributed by atoms with Gasteiger partial charge in [0.05, 0.1) is 16.6 Å². The number of para-hydroxylation sites is 1. The van der Waals surface area contributed by atoms with Crippen molar-refractivity contribution in [1.29, 1.82) is 0 Å². The first-order valence-corrected chi connectivity index (χ1v) is 11.4. The Hall–Kier alpha value is -4.40. The highest BCUT2D eigenvalue weighted by molar-refractivity contribution is 6.31. The minimum atomic E-state index is -1.44. The molecule has 2 unspecified atom stereocenters. The van der Waals surface area contributed by atoms with E-state index in [1.54, 1.807) is 0 Å². The predicted octanol–water partition coefficient (Wildman–Crippen LogP) is 4.18. The van der Waals surface area contributed by atoms with Crippen LogP contribution in [0.15, 0.2) is 60.7 Å². The van der Waals surface area contributed by atoms with E-state index in [1.165, 1.54) is 4.90 Å². The number of rotatable bonds is 4. The van der Waals surface area contributed by atoms with Crippen molar-refractivity contribution in [3.63, 3.8) is 0 Å². The van der Waals surface area contributed by atoms with Crippen LogP contribution in [-0.2, 0) is 9.59 Å². The molecule has 5 rings (SSSR count). The SMILES string of the molecule is CC1C(c2cc3[nH]nc(N)c3c(-c3ccc(Oc4ccccc4)cc3)n2)CCCN1C(=O)C(=O)O. The zero-order valence-corrected chi connectivity index (χ0v) is 19.1. The van der Waals surface area contributed by atoms with Gasteiger partial charge in [0, 0.05) is 29.8 Å². The molecule has 2 aromatic carbocycles. The van der Waals surface area contributed by atoms with Crippen LogP contribution < -0.4 is 10.5 Å². The van der Waals surface area contributed by atoms with Gasteiger partial charge in [-0.25, -0.2) is 4.79 Å². The first kappa shape index (κ1) is 22.4. The molecule has 9 heteroatoms. The molecule has 3 heterocycles. The Balaban J connectivity index is 1.51. The Bertz CT molecular complexity index is 1380. The summed E-state index contributed by atoms with van der Waals surface area (Å²) in [4.78, 5) is 29.9. The van der Waals surface area contributed by atoms with Crippen LogP contribution in [-0.4, -0.2) is 49.7 Å². The Morgan fingerprint density at radius 3 is 2.54 bits per heavy atom. The van der Waals surface area contributed by atoms with Gasteiger partial charge in [-0.2, -0.15) is 5.10 Å². The molecule has 1 saturated heterocycles. The maximum atomic E-state index is 12.2. The molecule has 1 aliphatic rings. The van der Waals surface area contributed by atoms with Gasteiger partial charge in [0.1, 0.15) is 11.5 Å². The van der Waals surface area contributed by atoms with E-state index < -0.39 is 11.9 Å². The molecule has 0 radical (unpaired) electrons. The van der Waals surface area contributed by atoms with Crippen molar-refractivity contribution in [2.24, 2.45) is 0 Å². The summed E-state index contributed by atoms with van der Waals surface area (Å²) >= 11 is 0. The molecule has 1 amide bonds. The quantitative estimate of drug-likeness (QED) is 0.380. The number of H-pyrrole nitrogens is 1. The number of piperidine rings is 1. The van der Waals surface area contributed by atoms with E-state index in [0.717, 1.165) is 28.9 Å². The third-order valence-electron chi connectivity index (χ3n) is 6.51. The number of pyridine rings is 1. The number of carbonyl (C=O) groups is 2. The summed E-state index contributed by atoms with van der Waals surface area (Å²) in [5.74, 6) is -0.674. The molecule has 1 fully saturated rings. The number of nitrogens with zero attached hydrogens (tertiary/aromatic N) is 3. The maximum Gasteiger partial charge on any atom is 0.394 e. The van der Waals surface area contributed by atoms with Gasteiger partial charge in [-0.3, -0.25) is 14.9 Å². The number of aromatic nitrogens is 3. The summed E-state index contributed by atoms with van der Waals surface area (Å²) in [5.41, 5.74) is 9.18. The predicted molar refractivity (Wildman–Crippen MR) is 131 cm³/mol. The van der Waals surface area contributed by atoms with Gasteiger partial charge < -0.3 is 20.5 Å². The minimum absolute atomic E-state index is 0.125. The zero-order valence-electron chi connectivity index (χ0n) is 19.1. The van der Waals surface area contributed by atoms with Crippen LogP contribution in [0.25, 0.3) is 22.2 Å². The lowest BCUT2D eigenvalue weighted by atomic mass is 9.86. The largest absolute Gasteiger partial charge is 0.474 e. The van der Waals surface area contributed by atoms with Crippen molar-refractivity contribution < 1.29 is 19.4 Å². The van der Waals surface area contributed by atoms with Crippen LogP contribution in [0, 0.1) is 0 Å². The Labute approximate surface area is 201 Å². The Morgan fingerprint density at radius 1 is 1.11 bits per heavy atom. The second-order valence-corrected chi connectivity index (χ2v) is 8.66. The number of carbonyl (C=O) groups excluding carboxylic acids is 1. The van der Waals surface area contributed by atoms with Gasteiger partial charge in [-0.15, -0.1) is 0 Å². The van der Waals surface area contributed by atoms with Crippen molar-refractivity contribution in [3.05, 3.63) is 66.4 Å². The molecular formula is C26H25N5O4. The van der Waals surface area contributed by atoms with Gasteiger partial charge in [0.2, 0.25) is 0 Å². The van der Waals surface area contributed by atoms with E-state index in [9.17, 15) is 14.7 Å². The average molecular weight is 472 g/mol. The first-order valence-electron chi connectivity index (χ1n) is 11.4. The number of carboxylic acids is 1. The average Bonchev–Trinajstić information content (AvgIpc) is 3.25. The number of nitrogens with one attached hydrogen (secondary N) is 1. The number of ether oxygens (including phenoxy) is 1. The number of hydrogen-bond donors (Lipinski definition) is 3. The molecule has 0 saturated carbocycles. The van der Waals surface area contributed by atoms with Gasteiger partial charge in [-0.1, -0.05) is 18.2 Å². The molecule has 178 valence electrons. The van der Waals surface area contributed by atoms with Crippen molar-refractivity contribution in [3.8, 4) is 22.8 Å². The van der Waals surface area contributed by atoms with E-state index in [1.807, 2.05) is 67.6 Å². The summed E-state index contributed by atoms with van der Waals surface area (Å²) in [5, 5.41) is 17.1. The molecule has 0 bridgehead atoms. The lowest BCUT2D eigenvalue weighted by molar-refractivity contribution is -0.158. The first-order chi connectivity index (χ1) is 16.9. The third-order valence-corrected chi connectivity index (χ3v) is 6.51. The van der Waals surface area contributed by atoms with Gasteiger partial charge in [0.25, 0.3) is 0 Å². The lowest BCUT2D eigenvalue weighted by Crippen LogP contribution is -2.48. The van der Waals surface area contributed by atoms with Gasteiger partial charge in [-0.05, 0) is 62.2 Å². The van der Waals surface area contributed by atoms with Gasteiger partial charge >= 0.3 is 11.9 Å². The van der Waals surface area contributed by atoms with Crippen LogP contribution in [0.5, 0.6) is 11.5 Å². The lowest BCUT2D eigenvalue weighted by Gasteiger charge is -2.38. The van der Waals surface area contributed by atoms with Crippen LogP contribution in [0.4, 0.5) is 5.82 Å². The number of likely N-dealkylation sites (tertiary alicyclic amines) is 1. The molecule has 4 aromatic rings. The number of anilines is 1. The van der Waals surface area contributed by atoms with Crippen LogP contribution in [0.2, 0.25) is 0 Å². The van der Waals surface area contributed by atoms with E-state index in [-0.39, 0.29) is 12.0 Å². The molecule has 0 spiro atoms. The van der Waals surface area contributed by atoms with Crippen molar-refractivity contribution in [1.82, 2.24) is 20.1 Å². The molecule has 1 aliphatic heterocycles. The van der Waals surface area contributed by atoms with Crippen LogP contribution in [0.3, 0.4) is 0 Å². The highest BCUT2D eigenvalue weighted by Gasteiger charge is 2.36. The number of nitrogens with two attached hydrogens (primary N) is 1. The highest BCUT2D eigenvalue weighted by Crippen LogP contribution is 2.37. The molecule has 2 aromatic heterocycles. The van der Waals surface area contributed by atoms with E-state index in [0.29, 0.717) is 35.6 Å². The number of fused-ring (bicyclic) bond motifs is 1. The number of carboxylic acid groups (broad SMARTS) is 1. The summed E-state index contributed by atoms with van der Waals surface area (Å²) < 4.78 is 5.90. The van der Waals surface area contributed by atoms with E-state index in [4.69, 9.17) is 15.5 Å². The number of aliphatic carboxylic acids is 1. The van der Waals surface area contributed by atoms with Gasteiger partial charge in [0.15, 0.2) is 5.82 Å². The highest BCUT2D eigenvalue weighted by atomic mass is 16.5. The smallest absolute Gasteiger partial charge is 0.394 e. The minimum Gasteiger partial charge on any atom is -0.474 e.